The maximum Gasteiger partial charge on any atom is 0.155 e. The van der Waals surface area contributed by atoms with Crippen molar-refractivity contribution in [2.24, 2.45) is 0 Å². The van der Waals surface area contributed by atoms with Crippen molar-refractivity contribution in [1.82, 2.24) is 29.8 Å². The fraction of sp³-hybridized carbons (Fsp3) is 0. The first-order valence-corrected chi connectivity index (χ1v) is 8.19. The molecule has 0 saturated heterocycles. The molecule has 0 bridgehead atoms. The quantitative estimate of drug-likeness (QED) is 0.528. The minimum absolute atomic E-state index is 0.772. The predicted octanol–water partition coefficient (Wildman–Crippen LogP) is 3.47. The summed E-state index contributed by atoms with van der Waals surface area (Å²) in [6.45, 7) is 0. The molecule has 0 aliphatic rings. The lowest BCUT2D eigenvalue weighted by Gasteiger charge is -2.04. The minimum Gasteiger partial charge on any atom is -0.325 e. The van der Waals surface area contributed by atoms with E-state index in [9.17, 15) is 0 Å². The van der Waals surface area contributed by atoms with Gasteiger partial charge in [-0.1, -0.05) is 0 Å². The summed E-state index contributed by atoms with van der Waals surface area (Å²) in [4.78, 5) is 8.94. The van der Waals surface area contributed by atoms with E-state index < -0.39 is 0 Å². The standard InChI is InChI=1S/C16H11N7S/c1-4-15-17-9-19-23(15)7-10(1)11-8-24-12-2-3-13(21-16(11)12)20-14-5-6-18-22-14/h1-9H,(H2,18,20,21,22). The highest BCUT2D eigenvalue weighted by molar-refractivity contribution is 7.17. The molecular weight excluding hydrogens is 322 g/mol. The maximum atomic E-state index is 4.76. The number of pyridine rings is 2. The third-order valence-corrected chi connectivity index (χ3v) is 4.70. The second kappa shape index (κ2) is 5.14. The van der Waals surface area contributed by atoms with Crippen LogP contribution in [0.25, 0.3) is 27.0 Å². The van der Waals surface area contributed by atoms with E-state index in [0.29, 0.717) is 0 Å². The first-order chi connectivity index (χ1) is 11.9. The van der Waals surface area contributed by atoms with Gasteiger partial charge >= 0.3 is 0 Å². The summed E-state index contributed by atoms with van der Waals surface area (Å²) in [5, 5.41) is 16.3. The zero-order valence-electron chi connectivity index (χ0n) is 12.3. The third kappa shape index (κ3) is 2.12. The van der Waals surface area contributed by atoms with Gasteiger partial charge in [-0.3, -0.25) is 5.10 Å². The molecule has 0 atom stereocenters. The number of rotatable bonds is 3. The molecule has 8 heteroatoms. The zero-order valence-corrected chi connectivity index (χ0v) is 13.2. The lowest BCUT2D eigenvalue weighted by molar-refractivity contribution is 0.963. The summed E-state index contributed by atoms with van der Waals surface area (Å²) in [7, 11) is 0. The lowest BCUT2D eigenvalue weighted by Crippen LogP contribution is -1.94. The number of nitrogens with one attached hydrogen (secondary N) is 2. The topological polar surface area (TPSA) is 83.8 Å². The van der Waals surface area contributed by atoms with Gasteiger partial charge in [-0.25, -0.2) is 14.5 Å². The minimum atomic E-state index is 0.772. The van der Waals surface area contributed by atoms with Gasteiger partial charge in [-0.2, -0.15) is 10.2 Å². The van der Waals surface area contributed by atoms with Gasteiger partial charge in [0, 0.05) is 28.8 Å². The van der Waals surface area contributed by atoms with E-state index in [1.54, 1.807) is 28.4 Å². The van der Waals surface area contributed by atoms with Crippen molar-refractivity contribution < 1.29 is 0 Å². The van der Waals surface area contributed by atoms with Crippen molar-refractivity contribution in [2.75, 3.05) is 5.32 Å². The zero-order chi connectivity index (χ0) is 15.9. The van der Waals surface area contributed by atoms with Gasteiger partial charge in [0.05, 0.1) is 16.4 Å². The molecule has 5 heterocycles. The van der Waals surface area contributed by atoms with Crippen LogP contribution in [-0.4, -0.2) is 29.8 Å². The molecule has 0 aromatic carbocycles. The molecule has 5 rings (SSSR count). The number of thiophene rings is 1. The van der Waals surface area contributed by atoms with Crippen LogP contribution in [0.4, 0.5) is 11.6 Å². The first-order valence-electron chi connectivity index (χ1n) is 7.31. The summed E-state index contributed by atoms with van der Waals surface area (Å²) < 4.78 is 2.91. The Morgan fingerprint density at radius 3 is 3.04 bits per heavy atom. The largest absolute Gasteiger partial charge is 0.325 e. The van der Waals surface area contributed by atoms with Crippen molar-refractivity contribution in [1.29, 1.82) is 0 Å². The monoisotopic (exact) mass is 333 g/mol. The molecule has 0 saturated carbocycles. The van der Waals surface area contributed by atoms with Gasteiger partial charge in [-0.15, -0.1) is 11.3 Å². The number of aromatic nitrogens is 6. The molecule has 0 fully saturated rings. The normalized spacial score (nSPS) is 11.3. The Morgan fingerprint density at radius 1 is 1.12 bits per heavy atom. The van der Waals surface area contributed by atoms with Crippen LogP contribution < -0.4 is 5.32 Å². The van der Waals surface area contributed by atoms with Crippen LogP contribution in [0.1, 0.15) is 0 Å². The van der Waals surface area contributed by atoms with Crippen LogP contribution in [0.3, 0.4) is 0 Å². The van der Waals surface area contributed by atoms with Gasteiger partial charge in [0.2, 0.25) is 0 Å². The van der Waals surface area contributed by atoms with E-state index in [1.807, 2.05) is 30.5 Å². The molecule has 5 aromatic rings. The third-order valence-electron chi connectivity index (χ3n) is 3.77. The van der Waals surface area contributed by atoms with Crippen LogP contribution in [0, 0.1) is 0 Å². The van der Waals surface area contributed by atoms with E-state index in [4.69, 9.17) is 4.98 Å². The van der Waals surface area contributed by atoms with Crippen molar-refractivity contribution in [3.05, 3.63) is 54.4 Å². The summed E-state index contributed by atoms with van der Waals surface area (Å²) in [6.07, 6.45) is 5.22. The summed E-state index contributed by atoms with van der Waals surface area (Å²) >= 11 is 1.68. The van der Waals surface area contributed by atoms with Gasteiger partial charge in [0.15, 0.2) is 5.65 Å². The van der Waals surface area contributed by atoms with E-state index in [2.05, 4.69) is 37.0 Å². The molecule has 5 aromatic heterocycles. The molecule has 0 amide bonds. The first kappa shape index (κ1) is 13.2. The number of nitrogens with zero attached hydrogens (tertiary/aromatic N) is 5. The fourth-order valence-electron chi connectivity index (χ4n) is 2.63. The van der Waals surface area contributed by atoms with Gasteiger partial charge in [0.25, 0.3) is 0 Å². The molecule has 0 spiro atoms. The number of H-pyrrole nitrogens is 1. The van der Waals surface area contributed by atoms with Gasteiger partial charge < -0.3 is 5.32 Å². The molecule has 7 nitrogen and oxygen atoms in total. The molecule has 24 heavy (non-hydrogen) atoms. The Balaban J connectivity index is 1.62. The molecule has 0 radical (unpaired) electrons. The molecule has 0 unspecified atom stereocenters. The fourth-order valence-corrected chi connectivity index (χ4v) is 3.53. The Labute approximate surface area is 140 Å². The summed E-state index contributed by atoms with van der Waals surface area (Å²) in [5.74, 6) is 1.58. The van der Waals surface area contributed by atoms with Crippen molar-refractivity contribution >= 4 is 38.8 Å². The van der Waals surface area contributed by atoms with Gasteiger partial charge in [0.1, 0.15) is 18.0 Å². The highest BCUT2D eigenvalue weighted by Crippen LogP contribution is 2.33. The smallest absolute Gasteiger partial charge is 0.155 e. The molecule has 116 valence electrons. The van der Waals surface area contributed by atoms with Crippen LogP contribution in [0.15, 0.2) is 54.4 Å². The molecule has 0 aliphatic carbocycles. The number of hydrogen-bond acceptors (Lipinski definition) is 6. The van der Waals surface area contributed by atoms with E-state index in [-0.39, 0.29) is 0 Å². The van der Waals surface area contributed by atoms with Crippen LogP contribution >= 0.6 is 11.3 Å². The van der Waals surface area contributed by atoms with E-state index >= 15 is 0 Å². The second-order valence-corrected chi connectivity index (χ2v) is 6.18. The molecule has 2 N–H and O–H groups in total. The molecule has 0 aliphatic heterocycles. The lowest BCUT2D eigenvalue weighted by atomic mass is 10.1. The van der Waals surface area contributed by atoms with Crippen LogP contribution in [-0.2, 0) is 0 Å². The number of aromatic amines is 1. The van der Waals surface area contributed by atoms with Gasteiger partial charge in [-0.05, 0) is 24.3 Å². The Morgan fingerprint density at radius 2 is 2.12 bits per heavy atom. The van der Waals surface area contributed by atoms with E-state index in [0.717, 1.165) is 38.6 Å². The average molecular weight is 333 g/mol. The number of hydrogen-bond donors (Lipinski definition) is 2. The highest BCUT2D eigenvalue weighted by atomic mass is 32.1. The highest BCUT2D eigenvalue weighted by Gasteiger charge is 2.10. The number of fused-ring (bicyclic) bond motifs is 2. The van der Waals surface area contributed by atoms with E-state index in [1.165, 1.54) is 0 Å². The predicted molar refractivity (Wildman–Crippen MR) is 93.5 cm³/mol. The van der Waals surface area contributed by atoms with Crippen LogP contribution in [0.2, 0.25) is 0 Å². The number of anilines is 2. The second-order valence-electron chi connectivity index (χ2n) is 5.27. The SMILES string of the molecule is c1cc(Nc2ccc3scc(-c4ccc5ncnn5c4)c3n2)[nH]n1. The Kier molecular flexibility index (Phi) is 2.83. The molecular formula is C16H11N7S. The maximum absolute atomic E-state index is 4.76. The van der Waals surface area contributed by atoms with Crippen molar-refractivity contribution in [2.45, 2.75) is 0 Å². The van der Waals surface area contributed by atoms with Crippen LogP contribution in [0.5, 0.6) is 0 Å². The Hall–Kier alpha value is -3.26. The summed E-state index contributed by atoms with van der Waals surface area (Å²) in [5.41, 5.74) is 3.93. The Bertz CT molecular complexity index is 1140. The average Bonchev–Trinajstić information content (AvgIpc) is 3.34. The summed E-state index contributed by atoms with van der Waals surface area (Å²) in [6, 6.07) is 9.90. The van der Waals surface area contributed by atoms with Crippen molar-refractivity contribution in [3.8, 4) is 11.1 Å². The van der Waals surface area contributed by atoms with Crippen molar-refractivity contribution in [3.63, 3.8) is 0 Å².